The summed E-state index contributed by atoms with van der Waals surface area (Å²) >= 11 is 6.08. The van der Waals surface area contributed by atoms with Gasteiger partial charge in [0.05, 0.1) is 6.04 Å². The Morgan fingerprint density at radius 2 is 2.35 bits per heavy atom. The predicted molar refractivity (Wildman–Crippen MR) is 89.6 cm³/mol. The third-order valence-electron chi connectivity index (χ3n) is 4.43. The van der Waals surface area contributed by atoms with Crippen LogP contribution in [-0.2, 0) is 0 Å². The Bertz CT molecular complexity index is 755. The van der Waals surface area contributed by atoms with Crippen molar-refractivity contribution in [1.82, 2.24) is 20.1 Å². The molecule has 0 saturated carbocycles. The second-order valence-corrected chi connectivity index (χ2v) is 6.62. The van der Waals surface area contributed by atoms with E-state index in [1.165, 1.54) is 12.0 Å². The predicted octanol–water partition coefficient (Wildman–Crippen LogP) is 3.38. The zero-order valence-electron chi connectivity index (χ0n) is 13.1. The lowest BCUT2D eigenvalue weighted by atomic mass is 10.1. The Morgan fingerprint density at radius 3 is 3.17 bits per heavy atom. The maximum atomic E-state index is 6.08. The summed E-state index contributed by atoms with van der Waals surface area (Å²) in [5.41, 5.74) is 2.32. The van der Waals surface area contributed by atoms with E-state index in [0.717, 1.165) is 47.5 Å². The first-order valence-electron chi connectivity index (χ1n) is 7.94. The van der Waals surface area contributed by atoms with E-state index in [4.69, 9.17) is 16.3 Å². The normalized spacial score (nSPS) is 21.0. The molecule has 2 aromatic rings. The number of hydrogen-bond acceptors (Lipinski definition) is 4. The monoisotopic (exact) mass is 330 g/mol. The van der Waals surface area contributed by atoms with Gasteiger partial charge in [0.15, 0.2) is 5.82 Å². The van der Waals surface area contributed by atoms with Crippen LogP contribution in [0.1, 0.15) is 36.1 Å². The van der Waals surface area contributed by atoms with Crippen molar-refractivity contribution in [3.8, 4) is 5.75 Å². The van der Waals surface area contributed by atoms with Crippen molar-refractivity contribution in [1.29, 1.82) is 0 Å². The van der Waals surface area contributed by atoms with Gasteiger partial charge in [-0.2, -0.15) is 5.10 Å². The standard InChI is InChI=1S/C17H19ClN4O/c1-11-19-17(21-20-11)15-3-2-6-22(15)9-12-7-13-8-14(18)4-5-16(13)23-10-12/h4-5,7-8,15H,2-3,6,9-10H2,1H3,(H,19,20,21)/t15-/m0/s1. The molecule has 6 heteroatoms. The third kappa shape index (κ3) is 2.99. The van der Waals surface area contributed by atoms with Gasteiger partial charge in [0.2, 0.25) is 0 Å². The van der Waals surface area contributed by atoms with E-state index in [1.807, 2.05) is 25.1 Å². The van der Waals surface area contributed by atoms with Crippen molar-refractivity contribution in [3.63, 3.8) is 0 Å². The molecule has 0 aliphatic carbocycles. The summed E-state index contributed by atoms with van der Waals surface area (Å²) in [5, 5.41) is 8.03. The van der Waals surface area contributed by atoms with Gasteiger partial charge in [-0.3, -0.25) is 10.00 Å². The van der Waals surface area contributed by atoms with Gasteiger partial charge in [-0.05, 0) is 56.2 Å². The summed E-state index contributed by atoms with van der Waals surface area (Å²) in [6.45, 7) is 4.51. The van der Waals surface area contributed by atoms with Crippen LogP contribution in [0.4, 0.5) is 0 Å². The van der Waals surface area contributed by atoms with E-state index >= 15 is 0 Å². The van der Waals surface area contributed by atoms with Crippen LogP contribution in [0.15, 0.2) is 23.8 Å². The highest BCUT2D eigenvalue weighted by atomic mass is 35.5. The Hall–Kier alpha value is -1.85. The first-order chi connectivity index (χ1) is 11.2. The lowest BCUT2D eigenvalue weighted by molar-refractivity contribution is 0.253. The number of benzene rings is 1. The Labute approximate surface area is 140 Å². The highest BCUT2D eigenvalue weighted by molar-refractivity contribution is 6.30. The van der Waals surface area contributed by atoms with Gasteiger partial charge in [0, 0.05) is 17.1 Å². The quantitative estimate of drug-likeness (QED) is 0.937. The molecule has 0 amide bonds. The number of halogens is 1. The van der Waals surface area contributed by atoms with Crippen LogP contribution in [0, 0.1) is 6.92 Å². The topological polar surface area (TPSA) is 54.0 Å². The fraction of sp³-hybridized carbons (Fsp3) is 0.412. The first kappa shape index (κ1) is 14.7. The van der Waals surface area contributed by atoms with E-state index in [2.05, 4.69) is 26.2 Å². The fourth-order valence-corrected chi connectivity index (χ4v) is 3.55. The minimum Gasteiger partial charge on any atom is -0.489 e. The van der Waals surface area contributed by atoms with Crippen LogP contribution in [0.2, 0.25) is 5.02 Å². The number of nitrogens with zero attached hydrogens (tertiary/aromatic N) is 3. The van der Waals surface area contributed by atoms with E-state index in [1.54, 1.807) is 0 Å². The minimum atomic E-state index is 0.293. The zero-order chi connectivity index (χ0) is 15.8. The van der Waals surface area contributed by atoms with Crippen LogP contribution >= 0.6 is 11.6 Å². The molecule has 2 aliphatic rings. The number of H-pyrrole nitrogens is 1. The lowest BCUT2D eigenvalue weighted by Gasteiger charge is -2.26. The number of aromatic nitrogens is 3. The van der Waals surface area contributed by atoms with Crippen molar-refractivity contribution in [2.75, 3.05) is 19.7 Å². The number of rotatable bonds is 3. The van der Waals surface area contributed by atoms with Gasteiger partial charge in [-0.15, -0.1) is 0 Å². The molecule has 2 aliphatic heterocycles. The SMILES string of the molecule is Cc1nc([C@@H]2CCCN2CC2=Cc3cc(Cl)ccc3OC2)n[nH]1. The number of fused-ring (bicyclic) bond motifs is 1. The van der Waals surface area contributed by atoms with Gasteiger partial charge < -0.3 is 4.74 Å². The summed E-state index contributed by atoms with van der Waals surface area (Å²) < 4.78 is 5.86. The molecule has 1 aromatic carbocycles. The molecule has 0 bridgehead atoms. The van der Waals surface area contributed by atoms with Gasteiger partial charge in [-0.1, -0.05) is 11.6 Å². The molecule has 0 unspecified atom stereocenters. The molecule has 1 aromatic heterocycles. The van der Waals surface area contributed by atoms with E-state index in [-0.39, 0.29) is 0 Å². The molecule has 1 N–H and O–H groups in total. The zero-order valence-corrected chi connectivity index (χ0v) is 13.8. The van der Waals surface area contributed by atoms with Crippen LogP contribution in [0.3, 0.4) is 0 Å². The molecule has 1 fully saturated rings. The fourth-order valence-electron chi connectivity index (χ4n) is 3.36. The van der Waals surface area contributed by atoms with Gasteiger partial charge in [0.25, 0.3) is 0 Å². The summed E-state index contributed by atoms with van der Waals surface area (Å²) in [4.78, 5) is 6.94. The Kier molecular flexibility index (Phi) is 3.83. The molecule has 1 saturated heterocycles. The van der Waals surface area contributed by atoms with Crippen molar-refractivity contribution in [2.45, 2.75) is 25.8 Å². The maximum absolute atomic E-state index is 6.08. The number of ether oxygens (including phenoxy) is 1. The molecule has 1 atom stereocenters. The number of aryl methyl sites for hydroxylation is 1. The van der Waals surface area contributed by atoms with E-state index in [0.29, 0.717) is 12.6 Å². The smallest absolute Gasteiger partial charge is 0.167 e. The molecule has 5 nitrogen and oxygen atoms in total. The summed E-state index contributed by atoms with van der Waals surface area (Å²) in [7, 11) is 0. The average molecular weight is 331 g/mol. The van der Waals surface area contributed by atoms with Gasteiger partial charge in [-0.25, -0.2) is 4.98 Å². The molecular formula is C17H19ClN4O. The molecule has 23 heavy (non-hydrogen) atoms. The highest BCUT2D eigenvalue weighted by Crippen LogP contribution is 2.33. The molecular weight excluding hydrogens is 312 g/mol. The summed E-state index contributed by atoms with van der Waals surface area (Å²) in [6.07, 6.45) is 4.48. The molecule has 4 rings (SSSR count). The third-order valence-corrected chi connectivity index (χ3v) is 4.66. The van der Waals surface area contributed by atoms with Crippen LogP contribution in [0.5, 0.6) is 5.75 Å². The summed E-state index contributed by atoms with van der Waals surface area (Å²) in [5.74, 6) is 2.68. The number of likely N-dealkylation sites (tertiary alicyclic amines) is 1. The van der Waals surface area contributed by atoms with E-state index < -0.39 is 0 Å². The van der Waals surface area contributed by atoms with Crippen molar-refractivity contribution in [2.24, 2.45) is 0 Å². The van der Waals surface area contributed by atoms with E-state index in [9.17, 15) is 0 Å². The minimum absolute atomic E-state index is 0.293. The summed E-state index contributed by atoms with van der Waals surface area (Å²) in [6, 6.07) is 6.04. The Morgan fingerprint density at radius 1 is 1.43 bits per heavy atom. The van der Waals surface area contributed by atoms with Crippen LogP contribution < -0.4 is 4.74 Å². The van der Waals surface area contributed by atoms with Crippen molar-refractivity contribution >= 4 is 17.7 Å². The molecule has 120 valence electrons. The number of hydrogen-bond donors (Lipinski definition) is 1. The van der Waals surface area contributed by atoms with Gasteiger partial charge >= 0.3 is 0 Å². The van der Waals surface area contributed by atoms with Gasteiger partial charge in [0.1, 0.15) is 18.2 Å². The maximum Gasteiger partial charge on any atom is 0.167 e. The van der Waals surface area contributed by atoms with Crippen molar-refractivity contribution in [3.05, 3.63) is 46.0 Å². The van der Waals surface area contributed by atoms with Crippen LogP contribution in [0.25, 0.3) is 6.08 Å². The lowest BCUT2D eigenvalue weighted by Crippen LogP contribution is -2.28. The average Bonchev–Trinajstić information content (AvgIpc) is 3.15. The molecule has 0 spiro atoms. The second-order valence-electron chi connectivity index (χ2n) is 6.18. The molecule has 0 radical (unpaired) electrons. The van der Waals surface area contributed by atoms with Crippen LogP contribution in [-0.4, -0.2) is 39.8 Å². The first-order valence-corrected chi connectivity index (χ1v) is 8.31. The second kappa shape index (κ2) is 5.98. The highest BCUT2D eigenvalue weighted by Gasteiger charge is 2.30. The molecule has 3 heterocycles. The Balaban J connectivity index is 1.53. The van der Waals surface area contributed by atoms with Crippen molar-refractivity contribution < 1.29 is 4.74 Å². The number of nitrogens with one attached hydrogen (secondary N) is 1. The largest absolute Gasteiger partial charge is 0.489 e. The number of aromatic amines is 1.